The predicted molar refractivity (Wildman–Crippen MR) is 105 cm³/mol. The molecular formula is C20H15ClF3N3O4. The van der Waals surface area contributed by atoms with Gasteiger partial charge < -0.3 is 19.7 Å². The second kappa shape index (κ2) is 8.10. The maximum absolute atomic E-state index is 12.5. The zero-order chi connectivity index (χ0) is 22.2. The third-order valence-electron chi connectivity index (χ3n) is 4.74. The van der Waals surface area contributed by atoms with Crippen LogP contribution in [0.1, 0.15) is 18.4 Å². The van der Waals surface area contributed by atoms with Crippen molar-refractivity contribution < 1.29 is 32.3 Å². The third-order valence-corrected chi connectivity index (χ3v) is 5.13. The lowest BCUT2D eigenvalue weighted by molar-refractivity contribution is -0.274. The summed E-state index contributed by atoms with van der Waals surface area (Å²) in [6, 6.07) is 9.37. The third kappa shape index (κ3) is 4.74. The van der Waals surface area contributed by atoms with Crippen LogP contribution in [0.3, 0.4) is 0 Å². The van der Waals surface area contributed by atoms with Crippen LogP contribution >= 0.6 is 11.6 Å². The molecule has 3 aromatic rings. The summed E-state index contributed by atoms with van der Waals surface area (Å²) < 4.78 is 46.7. The molecule has 0 amide bonds. The van der Waals surface area contributed by atoms with Gasteiger partial charge in [-0.05, 0) is 48.7 Å². The molecular weight excluding hydrogens is 439 g/mol. The quantitative estimate of drug-likeness (QED) is 0.532. The molecule has 0 fully saturated rings. The highest BCUT2D eigenvalue weighted by molar-refractivity contribution is 6.34. The number of carboxylic acid groups (broad SMARTS) is 1. The van der Waals surface area contributed by atoms with E-state index in [0.717, 1.165) is 17.3 Å². The van der Waals surface area contributed by atoms with Crippen molar-refractivity contribution in [1.29, 1.82) is 0 Å². The van der Waals surface area contributed by atoms with Crippen LogP contribution in [0.15, 0.2) is 40.9 Å². The Morgan fingerprint density at radius 2 is 2.13 bits per heavy atom. The lowest BCUT2D eigenvalue weighted by Gasteiger charge is -2.11. The van der Waals surface area contributed by atoms with Gasteiger partial charge in [0.2, 0.25) is 5.82 Å². The van der Waals surface area contributed by atoms with Gasteiger partial charge >= 0.3 is 12.3 Å². The molecule has 1 aliphatic rings. The van der Waals surface area contributed by atoms with Crippen molar-refractivity contribution in [3.8, 4) is 28.6 Å². The maximum atomic E-state index is 12.5. The largest absolute Gasteiger partial charge is 0.573 e. The Hall–Kier alpha value is -3.27. The molecule has 1 unspecified atom stereocenters. The van der Waals surface area contributed by atoms with Crippen molar-refractivity contribution in [3.05, 3.63) is 47.0 Å². The standard InChI is InChI=1S/C20H15ClF3N3O4/c21-17-13(2-1-3-15(17)30-20(22,23)24)19-26-18(27-31-19)10-4-6-14-11(8-10)9-12(25-14)5-7-16(28)29/h1-4,6,8,12,25H,5,7,9H2,(H,28,29). The number of rotatable bonds is 6. The smallest absolute Gasteiger partial charge is 0.481 e. The Kier molecular flexibility index (Phi) is 5.48. The summed E-state index contributed by atoms with van der Waals surface area (Å²) in [5, 5.41) is 15.7. The molecule has 1 aromatic heterocycles. The normalized spacial score (nSPS) is 15.4. The minimum atomic E-state index is -4.89. The van der Waals surface area contributed by atoms with Crippen molar-refractivity contribution >= 4 is 23.3 Å². The zero-order valence-corrected chi connectivity index (χ0v) is 16.5. The average Bonchev–Trinajstić information content (AvgIpc) is 3.33. The van der Waals surface area contributed by atoms with Gasteiger partial charge in [-0.2, -0.15) is 4.98 Å². The first kappa shape index (κ1) is 21.0. The van der Waals surface area contributed by atoms with Gasteiger partial charge in [0.15, 0.2) is 0 Å². The molecule has 0 saturated carbocycles. The fourth-order valence-corrected chi connectivity index (χ4v) is 3.63. The van der Waals surface area contributed by atoms with Gasteiger partial charge in [-0.25, -0.2) is 0 Å². The average molecular weight is 454 g/mol. The van der Waals surface area contributed by atoms with Crippen molar-refractivity contribution in [2.75, 3.05) is 5.32 Å². The minimum absolute atomic E-state index is 0.0253. The van der Waals surface area contributed by atoms with Crippen LogP contribution in [0, 0.1) is 0 Å². The topological polar surface area (TPSA) is 97.5 Å². The number of aliphatic carboxylic acids is 1. The van der Waals surface area contributed by atoms with Crippen molar-refractivity contribution in [2.24, 2.45) is 0 Å². The molecule has 0 radical (unpaired) electrons. The number of carbonyl (C=O) groups is 1. The molecule has 4 rings (SSSR count). The number of hydrogen-bond acceptors (Lipinski definition) is 6. The van der Waals surface area contributed by atoms with E-state index in [-0.39, 0.29) is 34.8 Å². The van der Waals surface area contributed by atoms with Gasteiger partial charge in [0.25, 0.3) is 5.89 Å². The van der Waals surface area contributed by atoms with Crippen LogP contribution in [0.25, 0.3) is 22.8 Å². The lowest BCUT2D eigenvalue weighted by atomic mass is 10.0. The molecule has 0 bridgehead atoms. The van der Waals surface area contributed by atoms with Gasteiger partial charge in [-0.3, -0.25) is 4.79 Å². The minimum Gasteiger partial charge on any atom is -0.481 e. The van der Waals surface area contributed by atoms with E-state index in [1.54, 1.807) is 6.07 Å². The molecule has 1 aliphatic heterocycles. The lowest BCUT2D eigenvalue weighted by Crippen LogP contribution is -2.17. The molecule has 7 nitrogen and oxygen atoms in total. The second-order valence-corrected chi connectivity index (χ2v) is 7.32. The number of nitrogens with one attached hydrogen (secondary N) is 1. The maximum Gasteiger partial charge on any atom is 0.573 e. The van der Waals surface area contributed by atoms with Crippen molar-refractivity contribution in [2.45, 2.75) is 31.7 Å². The molecule has 0 aliphatic carbocycles. The van der Waals surface area contributed by atoms with Gasteiger partial charge in [-0.15, -0.1) is 13.2 Å². The number of ether oxygens (including phenoxy) is 1. The Labute approximate surface area is 178 Å². The van der Waals surface area contributed by atoms with E-state index in [0.29, 0.717) is 18.4 Å². The molecule has 1 atom stereocenters. The van der Waals surface area contributed by atoms with Gasteiger partial charge in [-0.1, -0.05) is 22.8 Å². The highest BCUT2D eigenvalue weighted by atomic mass is 35.5. The molecule has 0 spiro atoms. The Morgan fingerprint density at radius 3 is 2.87 bits per heavy atom. The summed E-state index contributed by atoms with van der Waals surface area (Å²) in [7, 11) is 0. The monoisotopic (exact) mass is 453 g/mol. The van der Waals surface area contributed by atoms with Crippen LogP contribution < -0.4 is 10.1 Å². The number of halogens is 4. The van der Waals surface area contributed by atoms with Gasteiger partial charge in [0.05, 0.1) is 10.6 Å². The van der Waals surface area contributed by atoms with E-state index in [1.165, 1.54) is 12.1 Å². The summed E-state index contributed by atoms with van der Waals surface area (Å²) in [5.74, 6) is -1.22. The molecule has 2 heterocycles. The first-order valence-electron chi connectivity index (χ1n) is 9.19. The van der Waals surface area contributed by atoms with Crippen LogP contribution in [-0.2, 0) is 11.2 Å². The number of nitrogens with zero attached hydrogens (tertiary/aromatic N) is 2. The van der Waals surface area contributed by atoms with Gasteiger partial charge in [0.1, 0.15) is 5.75 Å². The van der Waals surface area contributed by atoms with E-state index < -0.39 is 18.1 Å². The first-order valence-corrected chi connectivity index (χ1v) is 9.57. The number of anilines is 1. The SMILES string of the molecule is O=C(O)CCC1Cc2cc(-c3noc(-c4cccc(OC(F)(F)F)c4Cl)n3)ccc2N1. The number of fused-ring (bicyclic) bond motifs is 1. The number of aromatic nitrogens is 2. The Morgan fingerprint density at radius 1 is 1.32 bits per heavy atom. The molecule has 0 saturated heterocycles. The summed E-state index contributed by atoms with van der Waals surface area (Å²) >= 11 is 6.05. The molecule has 2 aromatic carbocycles. The van der Waals surface area contributed by atoms with Crippen LogP contribution in [0.4, 0.5) is 18.9 Å². The van der Waals surface area contributed by atoms with Crippen LogP contribution in [0.2, 0.25) is 5.02 Å². The number of hydrogen-bond donors (Lipinski definition) is 2. The highest BCUT2D eigenvalue weighted by Crippen LogP contribution is 2.38. The van der Waals surface area contributed by atoms with E-state index in [2.05, 4.69) is 20.2 Å². The molecule has 31 heavy (non-hydrogen) atoms. The van der Waals surface area contributed by atoms with Gasteiger partial charge in [0, 0.05) is 23.7 Å². The van der Waals surface area contributed by atoms with Crippen molar-refractivity contribution in [1.82, 2.24) is 10.1 Å². The predicted octanol–water partition coefficient (Wildman–Crippen LogP) is 5.16. The summed E-state index contributed by atoms with van der Waals surface area (Å²) in [6.45, 7) is 0. The van der Waals surface area contributed by atoms with E-state index >= 15 is 0 Å². The second-order valence-electron chi connectivity index (χ2n) is 6.94. The van der Waals surface area contributed by atoms with E-state index in [1.807, 2.05) is 12.1 Å². The fraction of sp³-hybridized carbons (Fsp3) is 0.250. The number of benzene rings is 2. The molecule has 2 N–H and O–H groups in total. The Bertz CT molecular complexity index is 1130. The summed E-state index contributed by atoms with van der Waals surface area (Å²) in [6.07, 6.45) is -3.65. The summed E-state index contributed by atoms with van der Waals surface area (Å²) in [4.78, 5) is 15.0. The fourth-order valence-electron chi connectivity index (χ4n) is 3.38. The first-order chi connectivity index (χ1) is 14.7. The zero-order valence-electron chi connectivity index (χ0n) is 15.7. The summed E-state index contributed by atoms with van der Waals surface area (Å²) in [5.41, 5.74) is 2.65. The van der Waals surface area contributed by atoms with E-state index in [4.69, 9.17) is 21.2 Å². The molecule has 162 valence electrons. The Balaban J connectivity index is 1.55. The van der Waals surface area contributed by atoms with Crippen LogP contribution in [0.5, 0.6) is 5.75 Å². The molecule has 11 heteroatoms. The number of carboxylic acids is 1. The van der Waals surface area contributed by atoms with E-state index in [9.17, 15) is 18.0 Å². The number of alkyl halides is 3. The highest BCUT2D eigenvalue weighted by Gasteiger charge is 2.33. The van der Waals surface area contributed by atoms with Crippen LogP contribution in [-0.4, -0.2) is 33.6 Å². The van der Waals surface area contributed by atoms with Crippen molar-refractivity contribution in [3.63, 3.8) is 0 Å².